The summed E-state index contributed by atoms with van der Waals surface area (Å²) in [5.74, 6) is -2.38. The fourth-order valence-electron chi connectivity index (χ4n) is 6.28. The average Bonchev–Trinajstić information content (AvgIpc) is 3.17. The standard InChI is InChI=1S/C44H82NO10P/c1-3-5-7-9-11-13-15-17-19-20-22-24-26-28-30-32-34-36-43(47)55-40(38-53-56(50,51)54-39-41(45)44(48)49)37-52-42(46)35-33-31-29-27-25-23-21-18-16-14-12-10-8-6-4-2/h4,17,19,40-41H,2-3,5-16,18,20-39,45H2,1H3,(H,48,49)(H,50,51)/b19-17+/t40-,41+/m1/s1. The summed E-state index contributed by atoms with van der Waals surface area (Å²) in [7, 11) is -4.71. The van der Waals surface area contributed by atoms with E-state index < -0.39 is 51.1 Å². The number of rotatable bonds is 43. The summed E-state index contributed by atoms with van der Waals surface area (Å²) in [4.78, 5) is 46.0. The van der Waals surface area contributed by atoms with Crippen LogP contribution in [0.4, 0.5) is 0 Å². The van der Waals surface area contributed by atoms with Gasteiger partial charge in [-0.05, 0) is 51.4 Å². The van der Waals surface area contributed by atoms with Gasteiger partial charge >= 0.3 is 25.7 Å². The maximum atomic E-state index is 12.6. The van der Waals surface area contributed by atoms with Gasteiger partial charge in [0.1, 0.15) is 12.6 Å². The average molecular weight is 816 g/mol. The molecule has 1 unspecified atom stereocenters. The van der Waals surface area contributed by atoms with Crippen molar-refractivity contribution >= 4 is 25.7 Å². The zero-order chi connectivity index (χ0) is 41.4. The molecule has 0 saturated carbocycles. The molecule has 0 saturated heterocycles. The topological polar surface area (TPSA) is 172 Å². The number of carboxylic acid groups (broad SMARTS) is 1. The van der Waals surface area contributed by atoms with Gasteiger partial charge in [-0.1, -0.05) is 160 Å². The Kier molecular flexibility index (Phi) is 38.3. The number of carbonyl (C=O) groups is 3. The van der Waals surface area contributed by atoms with Crippen LogP contribution in [-0.2, 0) is 37.5 Å². The zero-order valence-corrected chi connectivity index (χ0v) is 36.2. The van der Waals surface area contributed by atoms with Crippen molar-refractivity contribution in [1.29, 1.82) is 0 Å². The zero-order valence-electron chi connectivity index (χ0n) is 35.3. The van der Waals surface area contributed by atoms with Gasteiger partial charge in [0.15, 0.2) is 6.10 Å². The van der Waals surface area contributed by atoms with E-state index in [0.29, 0.717) is 12.8 Å². The molecule has 0 rings (SSSR count). The molecule has 4 N–H and O–H groups in total. The quantitative estimate of drug-likeness (QED) is 0.0231. The summed E-state index contributed by atoms with van der Waals surface area (Å²) in [6, 6.07) is -1.52. The highest BCUT2D eigenvalue weighted by Crippen LogP contribution is 2.43. The Bertz CT molecular complexity index is 1040. The molecule has 3 atom stereocenters. The Balaban J connectivity index is 4.32. The van der Waals surface area contributed by atoms with Crippen molar-refractivity contribution in [2.24, 2.45) is 5.73 Å². The molecule has 0 aliphatic heterocycles. The van der Waals surface area contributed by atoms with Crippen LogP contribution in [0.2, 0.25) is 0 Å². The SMILES string of the molecule is C=CCCCCCCCCCCCCCCCC(=O)OC[C@H](COP(=O)(O)OC[C@H](N)C(=O)O)OC(=O)CCCCCCCCC/C=C/CCCCCCCC. The minimum Gasteiger partial charge on any atom is -0.480 e. The smallest absolute Gasteiger partial charge is 0.472 e. The van der Waals surface area contributed by atoms with Gasteiger partial charge in [0, 0.05) is 12.8 Å². The highest BCUT2D eigenvalue weighted by atomic mass is 31.2. The van der Waals surface area contributed by atoms with Crippen LogP contribution in [0.5, 0.6) is 0 Å². The van der Waals surface area contributed by atoms with Crippen LogP contribution in [0.1, 0.15) is 206 Å². The third-order valence-corrected chi connectivity index (χ3v) is 10.8. The summed E-state index contributed by atoms with van der Waals surface area (Å²) in [6.07, 6.45) is 39.8. The Morgan fingerprint density at radius 1 is 0.589 bits per heavy atom. The molecule has 56 heavy (non-hydrogen) atoms. The number of nitrogens with two attached hydrogens (primary N) is 1. The first kappa shape index (κ1) is 54.0. The lowest BCUT2D eigenvalue weighted by Gasteiger charge is -2.20. The van der Waals surface area contributed by atoms with Crippen LogP contribution >= 0.6 is 7.82 Å². The second-order valence-corrected chi connectivity index (χ2v) is 16.7. The van der Waals surface area contributed by atoms with Crippen molar-refractivity contribution in [1.82, 2.24) is 0 Å². The molecular weight excluding hydrogens is 733 g/mol. The Labute approximate surface area is 340 Å². The summed E-state index contributed by atoms with van der Waals surface area (Å²) in [6.45, 7) is 4.33. The maximum absolute atomic E-state index is 12.6. The Morgan fingerprint density at radius 3 is 1.43 bits per heavy atom. The lowest BCUT2D eigenvalue weighted by Crippen LogP contribution is -2.34. The summed E-state index contributed by atoms with van der Waals surface area (Å²) in [5.41, 5.74) is 5.33. The summed E-state index contributed by atoms with van der Waals surface area (Å²) in [5, 5.41) is 8.89. The number of unbranched alkanes of at least 4 members (excludes halogenated alkanes) is 26. The number of aliphatic carboxylic acids is 1. The fraction of sp³-hybridized carbons (Fsp3) is 0.841. The minimum absolute atomic E-state index is 0.158. The van der Waals surface area contributed by atoms with E-state index in [2.05, 4.69) is 30.2 Å². The largest absolute Gasteiger partial charge is 0.480 e. The highest BCUT2D eigenvalue weighted by molar-refractivity contribution is 7.47. The van der Waals surface area contributed by atoms with Gasteiger partial charge in [0.25, 0.3) is 0 Å². The molecular formula is C44H82NO10P. The van der Waals surface area contributed by atoms with Crippen LogP contribution in [0, 0.1) is 0 Å². The van der Waals surface area contributed by atoms with E-state index >= 15 is 0 Å². The van der Waals surface area contributed by atoms with E-state index in [1.165, 1.54) is 122 Å². The fourth-order valence-corrected chi connectivity index (χ4v) is 7.05. The molecule has 0 bridgehead atoms. The van der Waals surface area contributed by atoms with E-state index in [9.17, 15) is 23.8 Å². The third kappa shape index (κ3) is 38.8. The molecule has 0 aromatic carbocycles. The van der Waals surface area contributed by atoms with Crippen LogP contribution in [0.15, 0.2) is 24.8 Å². The van der Waals surface area contributed by atoms with Crippen molar-refractivity contribution in [3.63, 3.8) is 0 Å². The lowest BCUT2D eigenvalue weighted by molar-refractivity contribution is -0.161. The van der Waals surface area contributed by atoms with Crippen LogP contribution in [0.3, 0.4) is 0 Å². The van der Waals surface area contributed by atoms with Gasteiger partial charge in [-0.3, -0.25) is 23.4 Å². The van der Waals surface area contributed by atoms with Crippen molar-refractivity contribution in [3.05, 3.63) is 24.8 Å². The molecule has 0 aliphatic carbocycles. The lowest BCUT2D eigenvalue weighted by atomic mass is 10.0. The van der Waals surface area contributed by atoms with Gasteiger partial charge in [-0.2, -0.15) is 0 Å². The van der Waals surface area contributed by atoms with Gasteiger partial charge < -0.3 is 25.2 Å². The van der Waals surface area contributed by atoms with Crippen molar-refractivity contribution in [2.45, 2.75) is 218 Å². The van der Waals surface area contributed by atoms with E-state index in [1.807, 2.05) is 6.08 Å². The predicted molar refractivity (Wildman–Crippen MR) is 226 cm³/mol. The van der Waals surface area contributed by atoms with Gasteiger partial charge in [-0.15, -0.1) is 6.58 Å². The first-order valence-corrected chi connectivity index (χ1v) is 23.8. The van der Waals surface area contributed by atoms with Crippen LogP contribution in [0.25, 0.3) is 0 Å². The normalized spacial score (nSPS) is 13.7. The summed E-state index contributed by atoms with van der Waals surface area (Å²) < 4.78 is 32.7. The number of allylic oxidation sites excluding steroid dienone is 3. The van der Waals surface area contributed by atoms with E-state index in [1.54, 1.807) is 0 Å². The molecule has 328 valence electrons. The van der Waals surface area contributed by atoms with Gasteiger partial charge in [-0.25, -0.2) is 4.57 Å². The van der Waals surface area contributed by atoms with E-state index in [4.69, 9.17) is 24.8 Å². The second-order valence-electron chi connectivity index (χ2n) is 15.3. The number of ether oxygens (including phenoxy) is 2. The molecule has 12 heteroatoms. The van der Waals surface area contributed by atoms with E-state index in [0.717, 1.165) is 51.4 Å². The molecule has 0 aromatic heterocycles. The Hall–Kier alpha value is -2.04. The van der Waals surface area contributed by atoms with Crippen LogP contribution in [-0.4, -0.2) is 59.9 Å². The number of phosphoric acid groups is 1. The molecule has 0 spiro atoms. The molecule has 0 aromatic rings. The number of phosphoric ester groups is 1. The highest BCUT2D eigenvalue weighted by Gasteiger charge is 2.28. The second kappa shape index (κ2) is 39.8. The van der Waals surface area contributed by atoms with Crippen molar-refractivity contribution in [2.75, 3.05) is 19.8 Å². The van der Waals surface area contributed by atoms with Crippen molar-refractivity contribution in [3.8, 4) is 0 Å². The number of carboxylic acids is 1. The number of hydrogen-bond donors (Lipinski definition) is 3. The first-order chi connectivity index (χ1) is 27.1. The molecule has 11 nitrogen and oxygen atoms in total. The monoisotopic (exact) mass is 816 g/mol. The molecule has 0 aliphatic rings. The third-order valence-electron chi connectivity index (χ3n) is 9.82. The molecule has 0 heterocycles. The van der Waals surface area contributed by atoms with Crippen LogP contribution < -0.4 is 5.73 Å². The maximum Gasteiger partial charge on any atom is 0.472 e. The summed E-state index contributed by atoms with van der Waals surface area (Å²) >= 11 is 0. The van der Waals surface area contributed by atoms with Crippen molar-refractivity contribution < 1.29 is 47.5 Å². The van der Waals surface area contributed by atoms with E-state index in [-0.39, 0.29) is 19.4 Å². The number of hydrogen-bond acceptors (Lipinski definition) is 9. The first-order valence-electron chi connectivity index (χ1n) is 22.3. The number of esters is 2. The Morgan fingerprint density at radius 2 is 0.982 bits per heavy atom. The minimum atomic E-state index is -4.71. The number of carbonyl (C=O) groups excluding carboxylic acids is 2. The van der Waals surface area contributed by atoms with Gasteiger partial charge in [0.05, 0.1) is 13.2 Å². The molecule has 0 amide bonds. The predicted octanol–water partition coefficient (Wildman–Crippen LogP) is 11.8. The molecule has 0 radical (unpaired) electrons. The van der Waals surface area contributed by atoms with Gasteiger partial charge in [0.2, 0.25) is 0 Å². The molecule has 0 fully saturated rings.